The number of fused-ring (bicyclic) bond motifs is 5. The maximum atomic E-state index is 5.17. The summed E-state index contributed by atoms with van der Waals surface area (Å²) < 4.78 is 0. The number of allylic oxidation sites excluding steroid dienone is 8. The Morgan fingerprint density at radius 2 is 1.21 bits per heavy atom. The number of aromatic nitrogens is 1. The second kappa shape index (κ2) is 9.37. The predicted molar refractivity (Wildman–Crippen MR) is 181 cm³/mol. The smallest absolute Gasteiger partial charge is 0.0677 e. The molecule has 0 spiro atoms. The lowest BCUT2D eigenvalue weighted by Gasteiger charge is -2.28. The van der Waals surface area contributed by atoms with Gasteiger partial charge in [0, 0.05) is 17.0 Å². The number of hydrogen-bond acceptors (Lipinski definition) is 1. The van der Waals surface area contributed by atoms with Crippen LogP contribution in [0.5, 0.6) is 0 Å². The molecule has 9 rings (SSSR count). The lowest BCUT2D eigenvalue weighted by molar-refractivity contribution is 0.809. The third kappa shape index (κ3) is 3.55. The lowest BCUT2D eigenvalue weighted by Crippen LogP contribution is -2.13. The molecule has 0 amide bonds. The van der Waals surface area contributed by atoms with E-state index >= 15 is 0 Å². The van der Waals surface area contributed by atoms with Crippen LogP contribution in [0.15, 0.2) is 145 Å². The summed E-state index contributed by atoms with van der Waals surface area (Å²) in [7, 11) is 0. The number of aryl methyl sites for hydroxylation is 1. The summed E-state index contributed by atoms with van der Waals surface area (Å²) in [6, 6.07) is 41.8. The third-order valence-electron chi connectivity index (χ3n) is 9.50. The van der Waals surface area contributed by atoms with E-state index in [0.717, 1.165) is 17.8 Å². The highest BCUT2D eigenvalue weighted by Crippen LogP contribution is 2.59. The summed E-state index contributed by atoms with van der Waals surface area (Å²) in [5.74, 6) is 0.260. The Morgan fingerprint density at radius 1 is 0.605 bits per heavy atom. The first-order valence-electron chi connectivity index (χ1n) is 15.2. The molecule has 0 saturated carbocycles. The first-order chi connectivity index (χ1) is 21.3. The van der Waals surface area contributed by atoms with Crippen LogP contribution in [0.2, 0.25) is 0 Å². The Kier molecular flexibility index (Phi) is 5.31. The van der Waals surface area contributed by atoms with E-state index < -0.39 is 0 Å². The van der Waals surface area contributed by atoms with E-state index in [2.05, 4.69) is 146 Å². The summed E-state index contributed by atoms with van der Waals surface area (Å²) in [5.41, 5.74) is 15.6. The van der Waals surface area contributed by atoms with E-state index in [1.165, 1.54) is 77.2 Å². The zero-order valence-electron chi connectivity index (χ0n) is 24.0. The summed E-state index contributed by atoms with van der Waals surface area (Å²) in [5, 5.41) is 5.07. The van der Waals surface area contributed by atoms with Crippen molar-refractivity contribution in [3.05, 3.63) is 168 Å². The van der Waals surface area contributed by atoms with Crippen molar-refractivity contribution in [2.24, 2.45) is 5.92 Å². The van der Waals surface area contributed by atoms with Gasteiger partial charge in [0.05, 0.1) is 5.69 Å². The van der Waals surface area contributed by atoms with E-state index in [1.807, 2.05) is 0 Å². The molecule has 1 heterocycles. The standard InChI is InChI=1S/C42H29N/c1-26-30-18-9-8-17-29(30)25-37(43-26)31-23-24-36-40-32(31)21-12-22-35(40)41-38(27-13-4-2-5-14-27)33-19-10-11-20-34(33)39(42(36)41)28-15-6-3-7-16-28/h2-20,22-25,32H,21H2,1H3. The van der Waals surface area contributed by atoms with Crippen LogP contribution < -0.4 is 0 Å². The predicted octanol–water partition coefficient (Wildman–Crippen LogP) is 10.9. The molecule has 202 valence electrons. The van der Waals surface area contributed by atoms with Gasteiger partial charge in [-0.3, -0.25) is 4.98 Å². The monoisotopic (exact) mass is 547 g/mol. The molecule has 5 aromatic carbocycles. The zero-order valence-corrected chi connectivity index (χ0v) is 24.0. The minimum absolute atomic E-state index is 0.260. The Labute approximate surface area is 251 Å². The second-order valence-corrected chi connectivity index (χ2v) is 11.8. The fourth-order valence-corrected chi connectivity index (χ4v) is 7.72. The van der Waals surface area contributed by atoms with Gasteiger partial charge in [-0.1, -0.05) is 133 Å². The van der Waals surface area contributed by atoms with E-state index in [1.54, 1.807) is 0 Å². The van der Waals surface area contributed by atoms with Gasteiger partial charge < -0.3 is 0 Å². The quantitative estimate of drug-likeness (QED) is 0.215. The molecule has 0 saturated heterocycles. The molecule has 0 radical (unpaired) electrons. The van der Waals surface area contributed by atoms with Crippen molar-refractivity contribution in [3.8, 4) is 22.3 Å². The van der Waals surface area contributed by atoms with Gasteiger partial charge in [0.25, 0.3) is 0 Å². The fourth-order valence-electron chi connectivity index (χ4n) is 7.72. The molecule has 43 heavy (non-hydrogen) atoms. The highest BCUT2D eigenvalue weighted by molar-refractivity contribution is 6.21. The first-order valence-corrected chi connectivity index (χ1v) is 15.2. The van der Waals surface area contributed by atoms with Crippen molar-refractivity contribution in [2.75, 3.05) is 0 Å². The fraction of sp³-hybridized carbons (Fsp3) is 0.0714. The van der Waals surface area contributed by atoms with Gasteiger partial charge >= 0.3 is 0 Å². The summed E-state index contributed by atoms with van der Waals surface area (Å²) in [4.78, 5) is 5.17. The zero-order chi connectivity index (χ0) is 28.5. The van der Waals surface area contributed by atoms with Crippen molar-refractivity contribution in [2.45, 2.75) is 13.3 Å². The SMILES string of the molecule is Cc1nc(C2=CC=C3C4=C(C=CCC24)c2c3c(-c3ccccc3)c3ccccc3c2-c2ccccc2)cc2ccccc12. The number of pyridine rings is 1. The molecule has 1 heteroatoms. The van der Waals surface area contributed by atoms with Gasteiger partial charge in [0.2, 0.25) is 0 Å². The molecule has 0 N–H and O–H groups in total. The third-order valence-corrected chi connectivity index (χ3v) is 9.50. The van der Waals surface area contributed by atoms with Crippen LogP contribution >= 0.6 is 0 Å². The second-order valence-electron chi connectivity index (χ2n) is 11.8. The first kappa shape index (κ1) is 24.3. The van der Waals surface area contributed by atoms with Crippen LogP contribution in [-0.4, -0.2) is 4.98 Å². The maximum Gasteiger partial charge on any atom is 0.0677 e. The van der Waals surface area contributed by atoms with Gasteiger partial charge in [-0.05, 0) is 91.2 Å². The molecule has 1 unspecified atom stereocenters. The van der Waals surface area contributed by atoms with E-state index in [4.69, 9.17) is 4.98 Å². The molecular weight excluding hydrogens is 518 g/mol. The number of hydrogen-bond donors (Lipinski definition) is 0. The molecule has 1 atom stereocenters. The molecule has 0 bridgehead atoms. The van der Waals surface area contributed by atoms with Crippen LogP contribution in [0.1, 0.15) is 28.9 Å². The van der Waals surface area contributed by atoms with Gasteiger partial charge in [-0.25, -0.2) is 0 Å². The van der Waals surface area contributed by atoms with Crippen LogP contribution in [0, 0.1) is 12.8 Å². The molecule has 0 fully saturated rings. The Hall–Kier alpha value is -5.27. The molecule has 0 aliphatic heterocycles. The van der Waals surface area contributed by atoms with E-state index in [-0.39, 0.29) is 5.92 Å². The largest absolute Gasteiger partial charge is 0.253 e. The maximum absolute atomic E-state index is 5.17. The summed E-state index contributed by atoms with van der Waals surface area (Å²) in [6.07, 6.45) is 10.5. The van der Waals surface area contributed by atoms with Crippen molar-refractivity contribution >= 4 is 38.3 Å². The minimum atomic E-state index is 0.260. The Morgan fingerprint density at radius 3 is 1.91 bits per heavy atom. The highest BCUT2D eigenvalue weighted by Gasteiger charge is 2.39. The number of benzene rings is 5. The number of rotatable bonds is 3. The average molecular weight is 548 g/mol. The topological polar surface area (TPSA) is 12.9 Å². The highest BCUT2D eigenvalue weighted by atomic mass is 14.7. The van der Waals surface area contributed by atoms with Gasteiger partial charge in [-0.15, -0.1) is 0 Å². The molecule has 6 aromatic rings. The minimum Gasteiger partial charge on any atom is -0.253 e. The van der Waals surface area contributed by atoms with E-state index in [0.29, 0.717) is 0 Å². The Bertz CT molecular complexity index is 2240. The molecule has 1 nitrogen and oxygen atoms in total. The van der Waals surface area contributed by atoms with Gasteiger partial charge in [0.1, 0.15) is 0 Å². The summed E-state index contributed by atoms with van der Waals surface area (Å²) >= 11 is 0. The molecular formula is C42H29N. The van der Waals surface area contributed by atoms with Crippen molar-refractivity contribution in [3.63, 3.8) is 0 Å². The average Bonchev–Trinajstić information content (AvgIpc) is 3.39. The molecule has 3 aliphatic carbocycles. The van der Waals surface area contributed by atoms with Crippen molar-refractivity contribution in [1.82, 2.24) is 4.98 Å². The Balaban J connectivity index is 1.38. The molecule has 3 aliphatic rings. The van der Waals surface area contributed by atoms with Crippen molar-refractivity contribution in [1.29, 1.82) is 0 Å². The normalized spacial score (nSPS) is 16.7. The van der Waals surface area contributed by atoms with Crippen LogP contribution in [0.4, 0.5) is 0 Å². The van der Waals surface area contributed by atoms with Gasteiger partial charge in [-0.2, -0.15) is 0 Å². The lowest BCUT2D eigenvalue weighted by atomic mass is 9.75. The van der Waals surface area contributed by atoms with E-state index in [9.17, 15) is 0 Å². The summed E-state index contributed by atoms with van der Waals surface area (Å²) in [6.45, 7) is 2.14. The van der Waals surface area contributed by atoms with Crippen LogP contribution in [0.25, 0.3) is 60.5 Å². The number of nitrogens with zero attached hydrogens (tertiary/aromatic N) is 1. The van der Waals surface area contributed by atoms with Crippen LogP contribution in [-0.2, 0) is 0 Å². The van der Waals surface area contributed by atoms with Crippen LogP contribution in [0.3, 0.4) is 0 Å². The van der Waals surface area contributed by atoms with Gasteiger partial charge in [0.15, 0.2) is 0 Å². The van der Waals surface area contributed by atoms with Crippen molar-refractivity contribution < 1.29 is 0 Å². The molecule has 1 aromatic heterocycles.